The van der Waals surface area contributed by atoms with E-state index in [1.165, 1.54) is 24.3 Å². The lowest BCUT2D eigenvalue weighted by Crippen LogP contribution is -2.45. The van der Waals surface area contributed by atoms with Crippen LogP contribution in [0.5, 0.6) is 0 Å². The van der Waals surface area contributed by atoms with Crippen molar-refractivity contribution in [2.24, 2.45) is 5.84 Å². The van der Waals surface area contributed by atoms with Crippen molar-refractivity contribution in [3.63, 3.8) is 0 Å². The summed E-state index contributed by atoms with van der Waals surface area (Å²) in [6.07, 6.45) is 3.09. The molecule has 0 fully saturated rings. The number of para-hydroxylation sites is 1. The first-order valence-corrected chi connectivity index (χ1v) is 10.4. The van der Waals surface area contributed by atoms with E-state index in [4.69, 9.17) is 5.84 Å². The summed E-state index contributed by atoms with van der Waals surface area (Å²) in [5.74, 6) is 3.79. The van der Waals surface area contributed by atoms with E-state index in [0.29, 0.717) is 27.6 Å². The number of hydrazine groups is 1. The minimum atomic E-state index is -0.968. The summed E-state index contributed by atoms with van der Waals surface area (Å²) in [4.78, 5) is 45.7. The molecule has 0 aliphatic rings. The first-order valence-electron chi connectivity index (χ1n) is 10.4. The fraction of sp³-hybridized carbons (Fsp3) is 0.0385. The van der Waals surface area contributed by atoms with Crippen molar-refractivity contribution in [3.8, 4) is 0 Å². The number of carbonyl (C=O) groups is 3. The molecular weight excluding hydrogens is 430 g/mol. The van der Waals surface area contributed by atoms with Gasteiger partial charge < -0.3 is 5.32 Å². The monoisotopic (exact) mass is 451 g/mol. The summed E-state index contributed by atoms with van der Waals surface area (Å²) in [7, 11) is 0. The van der Waals surface area contributed by atoms with Gasteiger partial charge in [0, 0.05) is 22.3 Å². The molecule has 2 amide bonds. The van der Waals surface area contributed by atoms with E-state index in [9.17, 15) is 14.4 Å². The predicted octanol–water partition coefficient (Wildman–Crippen LogP) is 3.68. The Labute approximate surface area is 195 Å². The lowest BCUT2D eigenvalue weighted by atomic mass is 10.1. The molecule has 2 heterocycles. The lowest BCUT2D eigenvalue weighted by molar-refractivity contribution is -0.134. The van der Waals surface area contributed by atoms with E-state index in [1.54, 1.807) is 37.3 Å². The Morgan fingerprint density at radius 1 is 0.882 bits per heavy atom. The van der Waals surface area contributed by atoms with E-state index in [1.807, 2.05) is 36.4 Å². The number of fused-ring (bicyclic) bond motifs is 1. The van der Waals surface area contributed by atoms with Gasteiger partial charge >= 0.3 is 11.8 Å². The van der Waals surface area contributed by atoms with Crippen LogP contribution in [0.2, 0.25) is 0 Å². The van der Waals surface area contributed by atoms with Gasteiger partial charge in [-0.15, -0.1) is 0 Å². The highest BCUT2D eigenvalue weighted by Gasteiger charge is 2.22. The Balaban J connectivity index is 1.38. The molecule has 8 nitrogen and oxygen atoms in total. The number of nitrogens with zero attached hydrogens (tertiary/aromatic N) is 3. The first kappa shape index (κ1) is 22.5. The summed E-state index contributed by atoms with van der Waals surface area (Å²) >= 11 is 0. The van der Waals surface area contributed by atoms with Crippen LogP contribution in [-0.2, 0) is 9.59 Å². The van der Waals surface area contributed by atoms with Crippen molar-refractivity contribution in [2.45, 2.75) is 6.92 Å². The Hall–Kier alpha value is -4.69. The lowest BCUT2D eigenvalue weighted by Gasteiger charge is -2.15. The Bertz CT molecular complexity index is 1410. The molecule has 0 aliphatic carbocycles. The van der Waals surface area contributed by atoms with Crippen LogP contribution in [0.25, 0.3) is 17.0 Å². The Kier molecular flexibility index (Phi) is 6.52. The fourth-order valence-corrected chi connectivity index (χ4v) is 3.21. The SMILES string of the molecule is Cc1cccc(N(N)C(=O)C(=O)Nc2ccc(C(=O)/C=C/c3ccc4ccccc4n3)cc2)n1. The molecule has 2 aromatic carbocycles. The number of allylic oxidation sites excluding steroid dienone is 1. The number of carbonyl (C=O) groups excluding carboxylic acids is 3. The van der Waals surface area contributed by atoms with Gasteiger partial charge in [0.25, 0.3) is 0 Å². The molecule has 8 heteroatoms. The summed E-state index contributed by atoms with van der Waals surface area (Å²) < 4.78 is 0. The molecule has 0 saturated heterocycles. The highest BCUT2D eigenvalue weighted by atomic mass is 16.2. The quantitative estimate of drug-likeness (QED) is 0.119. The zero-order valence-corrected chi connectivity index (χ0v) is 18.3. The number of aryl methyl sites for hydroxylation is 1. The number of amides is 2. The molecular formula is C26H21N5O3. The van der Waals surface area contributed by atoms with Gasteiger partial charge in [-0.3, -0.25) is 14.4 Å². The smallest absolute Gasteiger partial charge is 0.318 e. The number of nitrogens with one attached hydrogen (secondary N) is 1. The average Bonchev–Trinajstić information content (AvgIpc) is 2.86. The Morgan fingerprint density at radius 2 is 1.65 bits per heavy atom. The summed E-state index contributed by atoms with van der Waals surface area (Å²) in [6, 6.07) is 22.7. The number of rotatable bonds is 5. The first-order chi connectivity index (χ1) is 16.4. The third-order valence-corrected chi connectivity index (χ3v) is 4.99. The number of pyridine rings is 2. The van der Waals surface area contributed by atoms with Crippen molar-refractivity contribution in [2.75, 3.05) is 10.3 Å². The highest BCUT2D eigenvalue weighted by molar-refractivity contribution is 6.43. The molecule has 0 saturated carbocycles. The molecule has 3 N–H and O–H groups in total. The number of aromatic nitrogens is 2. The molecule has 0 aliphatic heterocycles. The van der Waals surface area contributed by atoms with Gasteiger partial charge in [-0.2, -0.15) is 0 Å². The van der Waals surface area contributed by atoms with Gasteiger partial charge in [0.2, 0.25) is 0 Å². The molecule has 0 bridgehead atoms. The van der Waals surface area contributed by atoms with Gasteiger partial charge in [-0.05, 0) is 67.6 Å². The van der Waals surface area contributed by atoms with Crippen LogP contribution in [0.15, 0.2) is 84.9 Å². The number of anilines is 2. The van der Waals surface area contributed by atoms with E-state index in [2.05, 4.69) is 15.3 Å². The third-order valence-electron chi connectivity index (χ3n) is 4.99. The number of hydrogen-bond donors (Lipinski definition) is 2. The van der Waals surface area contributed by atoms with Crippen LogP contribution in [0, 0.1) is 6.92 Å². The van der Waals surface area contributed by atoms with Gasteiger partial charge in [-0.25, -0.2) is 20.8 Å². The number of benzene rings is 2. The highest BCUT2D eigenvalue weighted by Crippen LogP contribution is 2.15. The topological polar surface area (TPSA) is 118 Å². The summed E-state index contributed by atoms with van der Waals surface area (Å²) in [5.41, 5.74) is 2.95. The summed E-state index contributed by atoms with van der Waals surface area (Å²) in [6.45, 7) is 1.75. The maximum Gasteiger partial charge on any atom is 0.332 e. The van der Waals surface area contributed by atoms with Gasteiger partial charge in [0.05, 0.1) is 11.2 Å². The Morgan fingerprint density at radius 3 is 2.41 bits per heavy atom. The number of nitrogens with two attached hydrogens (primary N) is 1. The molecule has 0 atom stereocenters. The zero-order valence-electron chi connectivity index (χ0n) is 18.3. The molecule has 4 rings (SSSR count). The normalized spacial score (nSPS) is 10.9. The second-order valence-electron chi connectivity index (χ2n) is 7.47. The average molecular weight is 451 g/mol. The van der Waals surface area contributed by atoms with Crippen LogP contribution < -0.4 is 16.2 Å². The second kappa shape index (κ2) is 9.85. The van der Waals surface area contributed by atoms with E-state index < -0.39 is 11.8 Å². The van der Waals surface area contributed by atoms with Crippen LogP contribution in [0.1, 0.15) is 21.7 Å². The third kappa shape index (κ3) is 5.20. The van der Waals surface area contributed by atoms with E-state index >= 15 is 0 Å². The van der Waals surface area contributed by atoms with Crippen LogP contribution in [0.4, 0.5) is 11.5 Å². The molecule has 4 aromatic rings. The van der Waals surface area contributed by atoms with Gasteiger partial charge in [-0.1, -0.05) is 30.3 Å². The van der Waals surface area contributed by atoms with Crippen molar-refractivity contribution >= 4 is 46.1 Å². The van der Waals surface area contributed by atoms with Crippen molar-refractivity contribution in [1.29, 1.82) is 0 Å². The molecule has 0 unspecified atom stereocenters. The standard InChI is InChI=1S/C26H21N5O3/c1-17-5-4-8-24(28-17)31(27)26(34)25(33)30-21-13-10-19(11-14-21)23(32)16-15-20-12-9-18-6-2-3-7-22(18)29-20/h2-16H,27H2,1H3,(H,30,33)/b16-15+. The van der Waals surface area contributed by atoms with Crippen LogP contribution in [-0.4, -0.2) is 27.6 Å². The maximum absolute atomic E-state index is 12.5. The molecule has 0 radical (unpaired) electrons. The van der Waals surface area contributed by atoms with Crippen molar-refractivity contribution in [3.05, 3.63) is 102 Å². The molecule has 2 aromatic heterocycles. The number of ketones is 1. The van der Waals surface area contributed by atoms with Gasteiger partial charge in [0.1, 0.15) is 0 Å². The maximum atomic E-state index is 12.5. The van der Waals surface area contributed by atoms with E-state index in [0.717, 1.165) is 10.9 Å². The zero-order chi connectivity index (χ0) is 24.1. The largest absolute Gasteiger partial charge is 0.332 e. The van der Waals surface area contributed by atoms with Crippen molar-refractivity contribution < 1.29 is 14.4 Å². The van der Waals surface area contributed by atoms with Crippen molar-refractivity contribution in [1.82, 2.24) is 9.97 Å². The fourth-order valence-electron chi connectivity index (χ4n) is 3.21. The minimum Gasteiger partial charge on any atom is -0.318 e. The number of hydrogen-bond acceptors (Lipinski definition) is 6. The molecule has 0 spiro atoms. The minimum absolute atomic E-state index is 0.161. The predicted molar refractivity (Wildman–Crippen MR) is 131 cm³/mol. The molecule has 168 valence electrons. The second-order valence-corrected chi connectivity index (χ2v) is 7.47. The van der Waals surface area contributed by atoms with Crippen LogP contribution in [0.3, 0.4) is 0 Å². The summed E-state index contributed by atoms with van der Waals surface area (Å²) in [5, 5.41) is 4.18. The van der Waals surface area contributed by atoms with Crippen LogP contribution >= 0.6 is 0 Å². The molecule has 34 heavy (non-hydrogen) atoms. The van der Waals surface area contributed by atoms with Gasteiger partial charge in [0.15, 0.2) is 11.6 Å². The van der Waals surface area contributed by atoms with E-state index in [-0.39, 0.29) is 11.6 Å².